The Kier molecular flexibility index (Phi) is 7.27. The van der Waals surface area contributed by atoms with Gasteiger partial charge >= 0.3 is 23.5 Å². The molecule has 2 unspecified atom stereocenters. The maximum atomic E-state index is 11.9. The maximum absolute atomic E-state index is 11.9. The van der Waals surface area contributed by atoms with Crippen LogP contribution in [-0.4, -0.2) is 69.1 Å². The molecule has 2 aromatic rings. The van der Waals surface area contributed by atoms with Gasteiger partial charge in [-0.2, -0.15) is 8.62 Å². The van der Waals surface area contributed by atoms with Gasteiger partial charge < -0.3 is 39.9 Å². The van der Waals surface area contributed by atoms with Crippen LogP contribution in [0.1, 0.15) is 6.23 Å². The number of phosphoric ester groups is 1. The van der Waals surface area contributed by atoms with Crippen LogP contribution in [0.25, 0.3) is 11.2 Å². The zero-order chi connectivity index (χ0) is 24.6. The first-order chi connectivity index (χ1) is 15.2. The summed E-state index contributed by atoms with van der Waals surface area (Å²) in [5, 5.41) is 10.5. The standard InChI is InChI=1S/C12H16N5O13P3/c1-2-26-9-8(18)6(3-27-32(22,23)30-33(24,25)29-31(19,20)21)28-12(9)17-5-16-7-10(13)14-4-15-11(7)17/h1,4-6,8-9,12,18H,3H2,(H,22,23)(H,24,25)(H2,13,14,15)(H2,19,20,21)/t6-,8+,9-,12-/m1/s1. The number of fused-ring (bicyclic) bond motifs is 1. The van der Waals surface area contributed by atoms with Crippen molar-refractivity contribution in [2.24, 2.45) is 0 Å². The van der Waals surface area contributed by atoms with Crippen LogP contribution in [0.5, 0.6) is 0 Å². The van der Waals surface area contributed by atoms with Gasteiger partial charge in [0, 0.05) is 0 Å². The van der Waals surface area contributed by atoms with Gasteiger partial charge in [0.1, 0.15) is 30.2 Å². The zero-order valence-corrected chi connectivity index (χ0v) is 18.6. The Morgan fingerprint density at radius 3 is 2.48 bits per heavy atom. The van der Waals surface area contributed by atoms with E-state index in [0.717, 1.165) is 6.33 Å². The van der Waals surface area contributed by atoms with Crippen molar-refractivity contribution in [2.45, 2.75) is 24.5 Å². The number of nitrogens with zero attached hydrogens (tertiary/aromatic N) is 4. The van der Waals surface area contributed by atoms with Crippen LogP contribution in [0.4, 0.5) is 5.82 Å². The van der Waals surface area contributed by atoms with Crippen LogP contribution in [0.15, 0.2) is 12.7 Å². The molecule has 7 N–H and O–H groups in total. The third-order valence-corrected chi connectivity index (χ3v) is 7.80. The van der Waals surface area contributed by atoms with E-state index in [1.807, 2.05) is 6.11 Å². The van der Waals surface area contributed by atoms with Crippen molar-refractivity contribution in [3.8, 4) is 12.5 Å². The fourth-order valence-corrected chi connectivity index (χ4v) is 5.84. The van der Waals surface area contributed by atoms with E-state index in [4.69, 9.17) is 31.4 Å². The van der Waals surface area contributed by atoms with E-state index >= 15 is 0 Å². The Bertz CT molecular complexity index is 1210. The molecule has 18 nitrogen and oxygen atoms in total. The minimum absolute atomic E-state index is 0.0518. The number of aliphatic hydroxyl groups is 1. The summed E-state index contributed by atoms with van der Waals surface area (Å²) in [5.74, 6) is 0.0518. The number of aromatic nitrogens is 4. The first-order valence-electron chi connectivity index (χ1n) is 8.39. The van der Waals surface area contributed by atoms with E-state index in [9.17, 15) is 28.6 Å². The Labute approximate surface area is 183 Å². The highest BCUT2D eigenvalue weighted by atomic mass is 31.3. The van der Waals surface area contributed by atoms with Crippen molar-refractivity contribution in [3.63, 3.8) is 0 Å². The smallest absolute Gasteiger partial charge is 0.436 e. The third kappa shape index (κ3) is 6.14. The highest BCUT2D eigenvalue weighted by Gasteiger charge is 2.49. The highest BCUT2D eigenvalue weighted by Crippen LogP contribution is 2.66. The molecule has 0 saturated carbocycles. The van der Waals surface area contributed by atoms with E-state index in [1.54, 1.807) is 0 Å². The molecule has 1 aliphatic rings. The number of rotatable bonds is 9. The van der Waals surface area contributed by atoms with E-state index in [0.29, 0.717) is 0 Å². The minimum atomic E-state index is -5.71. The molecule has 0 radical (unpaired) electrons. The van der Waals surface area contributed by atoms with Gasteiger partial charge in [0.2, 0.25) is 0 Å². The van der Waals surface area contributed by atoms with Gasteiger partial charge in [-0.25, -0.2) is 28.6 Å². The van der Waals surface area contributed by atoms with Gasteiger partial charge in [0.25, 0.3) is 0 Å². The molecule has 2 aromatic heterocycles. The van der Waals surface area contributed by atoms with E-state index < -0.39 is 54.6 Å². The molecule has 33 heavy (non-hydrogen) atoms. The maximum Gasteiger partial charge on any atom is 0.490 e. The monoisotopic (exact) mass is 531 g/mol. The average Bonchev–Trinajstić information content (AvgIpc) is 3.20. The Balaban J connectivity index is 1.76. The number of imidazole rings is 1. The van der Waals surface area contributed by atoms with Crippen molar-refractivity contribution >= 4 is 40.4 Å². The summed E-state index contributed by atoms with van der Waals surface area (Å²) in [5.41, 5.74) is 6.10. The minimum Gasteiger partial charge on any atom is -0.436 e. The lowest BCUT2D eigenvalue weighted by Crippen LogP contribution is -2.35. The summed E-state index contributed by atoms with van der Waals surface area (Å²) < 4.78 is 57.6. The topological polar surface area (TPSA) is 268 Å². The molecule has 0 aliphatic carbocycles. The van der Waals surface area contributed by atoms with Crippen molar-refractivity contribution in [2.75, 3.05) is 12.3 Å². The van der Waals surface area contributed by atoms with Crippen LogP contribution in [-0.2, 0) is 36.3 Å². The second kappa shape index (κ2) is 9.35. The van der Waals surface area contributed by atoms with Crippen LogP contribution in [0.3, 0.4) is 0 Å². The summed E-state index contributed by atoms with van der Waals surface area (Å²) >= 11 is 0. The molecule has 1 fully saturated rings. The number of ether oxygens (including phenoxy) is 2. The normalized spacial score (nSPS) is 27.0. The first kappa shape index (κ1) is 25.7. The molecule has 1 saturated heterocycles. The Morgan fingerprint density at radius 1 is 1.15 bits per heavy atom. The molecular formula is C12H16N5O13P3. The zero-order valence-electron chi connectivity index (χ0n) is 16.0. The second-order valence-electron chi connectivity index (χ2n) is 6.23. The summed E-state index contributed by atoms with van der Waals surface area (Å²) in [6.45, 7) is -0.935. The number of anilines is 1. The van der Waals surface area contributed by atoms with Gasteiger partial charge in [-0.1, -0.05) is 6.42 Å². The van der Waals surface area contributed by atoms with Crippen LogP contribution in [0, 0.1) is 12.5 Å². The molecule has 3 rings (SSSR count). The van der Waals surface area contributed by atoms with Crippen molar-refractivity contribution < 1.29 is 61.0 Å². The lowest BCUT2D eigenvalue weighted by Gasteiger charge is -2.19. The van der Waals surface area contributed by atoms with Crippen molar-refractivity contribution in [3.05, 3.63) is 12.7 Å². The fourth-order valence-electron chi connectivity index (χ4n) is 2.81. The predicted molar refractivity (Wildman–Crippen MR) is 103 cm³/mol. The summed E-state index contributed by atoms with van der Waals surface area (Å²) in [6.07, 6.45) is 3.96. The molecule has 0 spiro atoms. The molecule has 6 atom stereocenters. The lowest BCUT2D eigenvalue weighted by atomic mass is 10.1. The SMILES string of the molecule is C#CO[C@@H]1[C@@H](O)[C@@H](COP(=O)(O)OP(=O)(O)OP(=O)(O)O)O[C@H]1n1cnc2c(N)ncnc21. The molecule has 0 aromatic carbocycles. The van der Waals surface area contributed by atoms with E-state index in [-0.39, 0.29) is 17.0 Å². The molecule has 3 heterocycles. The van der Waals surface area contributed by atoms with Gasteiger partial charge in [-0.3, -0.25) is 9.09 Å². The van der Waals surface area contributed by atoms with E-state index in [2.05, 4.69) is 28.1 Å². The lowest BCUT2D eigenvalue weighted by molar-refractivity contribution is -0.0502. The highest BCUT2D eigenvalue weighted by molar-refractivity contribution is 7.66. The number of hydrogen-bond donors (Lipinski definition) is 6. The van der Waals surface area contributed by atoms with Crippen LogP contribution < -0.4 is 5.73 Å². The summed E-state index contributed by atoms with van der Waals surface area (Å²) in [7, 11) is -16.7. The third-order valence-electron chi connectivity index (χ3n) is 4.00. The Morgan fingerprint density at radius 2 is 1.85 bits per heavy atom. The Hall–Kier alpha value is -1.96. The number of hydrogen-bond acceptors (Lipinski definition) is 13. The molecular weight excluding hydrogens is 515 g/mol. The number of terminal acetylenes is 1. The van der Waals surface area contributed by atoms with Gasteiger partial charge in [0.15, 0.2) is 23.8 Å². The summed E-state index contributed by atoms with van der Waals surface area (Å²) in [6, 6.07) is 0. The van der Waals surface area contributed by atoms with Crippen molar-refractivity contribution in [1.29, 1.82) is 0 Å². The number of phosphoric acid groups is 3. The molecule has 1 aliphatic heterocycles. The van der Waals surface area contributed by atoms with Crippen LogP contribution >= 0.6 is 23.5 Å². The molecule has 21 heteroatoms. The first-order valence-corrected chi connectivity index (χ1v) is 12.9. The summed E-state index contributed by atoms with van der Waals surface area (Å²) in [4.78, 5) is 47.7. The predicted octanol–water partition coefficient (Wildman–Crippen LogP) is -1.01. The number of aliphatic hydroxyl groups excluding tert-OH is 1. The van der Waals surface area contributed by atoms with E-state index in [1.165, 1.54) is 10.9 Å². The molecule has 0 amide bonds. The fraction of sp³-hybridized carbons (Fsp3) is 0.417. The average molecular weight is 531 g/mol. The largest absolute Gasteiger partial charge is 0.490 e. The second-order valence-corrected chi connectivity index (χ2v) is 10.6. The number of nitrogens with two attached hydrogens (primary N) is 1. The molecule has 182 valence electrons. The van der Waals surface area contributed by atoms with Gasteiger partial charge in [-0.15, -0.1) is 0 Å². The molecule has 0 bridgehead atoms. The van der Waals surface area contributed by atoms with Crippen LogP contribution in [0.2, 0.25) is 0 Å². The quantitative estimate of drug-likeness (QED) is 0.167. The van der Waals surface area contributed by atoms with Crippen molar-refractivity contribution in [1.82, 2.24) is 19.5 Å². The van der Waals surface area contributed by atoms with Gasteiger partial charge in [-0.05, 0) is 0 Å². The van der Waals surface area contributed by atoms with Gasteiger partial charge in [0.05, 0.1) is 12.9 Å². The number of nitrogen functional groups attached to an aromatic ring is 1.